The molecule has 5 heteroatoms. The number of ketones is 1. The van der Waals surface area contributed by atoms with Gasteiger partial charge in [-0.25, -0.2) is 4.98 Å². The van der Waals surface area contributed by atoms with Gasteiger partial charge in [-0.2, -0.15) is 0 Å². The van der Waals surface area contributed by atoms with Crippen LogP contribution in [0.15, 0.2) is 48.5 Å². The summed E-state index contributed by atoms with van der Waals surface area (Å²) < 4.78 is 7.01. The number of carbonyl (C=O) groups excluding carboxylic acids is 1. The molecule has 4 nitrogen and oxygen atoms in total. The van der Waals surface area contributed by atoms with Crippen LogP contribution in [0.1, 0.15) is 18.4 Å². The molecule has 1 fully saturated rings. The molecular weight excluding hydrogens is 332 g/mol. The highest BCUT2D eigenvalue weighted by Crippen LogP contribution is 2.31. The van der Waals surface area contributed by atoms with Crippen molar-refractivity contribution >= 4 is 27.3 Å². The highest BCUT2D eigenvalue weighted by atomic mass is 32.1. The van der Waals surface area contributed by atoms with Gasteiger partial charge in [0, 0.05) is 13.0 Å². The fourth-order valence-corrected chi connectivity index (χ4v) is 3.94. The molecule has 0 aliphatic carbocycles. The molecule has 0 unspecified atom stereocenters. The largest absolute Gasteiger partial charge is 0.431 e. The molecule has 2 aromatic carbocycles. The molecule has 4 rings (SSSR count). The standard InChI is InChI=1S/C20H20N2O2S/c23-16-4-3-12-22(14-16)13-11-15-7-9-17(10-8-15)24-20-21-18-5-1-2-6-19(18)25-20/h1-2,5-10H,3-4,11-14H2. The molecule has 0 bridgehead atoms. The average Bonchev–Trinajstić information content (AvgIpc) is 3.03. The number of rotatable bonds is 5. The van der Waals surface area contributed by atoms with Gasteiger partial charge in [-0.3, -0.25) is 9.69 Å². The normalized spacial score (nSPS) is 15.6. The van der Waals surface area contributed by atoms with Crippen molar-refractivity contribution in [1.29, 1.82) is 0 Å². The number of thiazole rings is 1. The number of aromatic nitrogens is 1. The number of piperidine rings is 1. The third-order valence-electron chi connectivity index (χ3n) is 4.45. The highest BCUT2D eigenvalue weighted by molar-refractivity contribution is 7.20. The zero-order valence-corrected chi connectivity index (χ0v) is 14.8. The van der Waals surface area contributed by atoms with E-state index in [4.69, 9.17) is 4.74 Å². The first-order chi connectivity index (χ1) is 12.3. The van der Waals surface area contributed by atoms with Crippen LogP contribution in [-0.4, -0.2) is 35.3 Å². The lowest BCUT2D eigenvalue weighted by Crippen LogP contribution is -2.36. The maximum absolute atomic E-state index is 11.5. The van der Waals surface area contributed by atoms with Crippen molar-refractivity contribution in [2.75, 3.05) is 19.6 Å². The van der Waals surface area contributed by atoms with Crippen molar-refractivity contribution in [2.24, 2.45) is 0 Å². The lowest BCUT2D eigenvalue weighted by Gasteiger charge is -2.25. The van der Waals surface area contributed by atoms with Gasteiger partial charge in [0.05, 0.1) is 16.8 Å². The molecule has 25 heavy (non-hydrogen) atoms. The summed E-state index contributed by atoms with van der Waals surface area (Å²) in [5.41, 5.74) is 2.23. The number of Topliss-reactive ketones (excluding diaryl/α,β-unsaturated/α-hetero) is 1. The average molecular weight is 352 g/mol. The number of benzene rings is 2. The van der Waals surface area contributed by atoms with Gasteiger partial charge in [-0.1, -0.05) is 35.6 Å². The van der Waals surface area contributed by atoms with Gasteiger partial charge in [0.25, 0.3) is 5.19 Å². The summed E-state index contributed by atoms with van der Waals surface area (Å²) in [5.74, 6) is 1.17. The second-order valence-corrected chi connectivity index (χ2v) is 7.36. The molecule has 2 heterocycles. The number of hydrogen-bond acceptors (Lipinski definition) is 5. The van der Waals surface area contributed by atoms with E-state index in [1.807, 2.05) is 36.4 Å². The Morgan fingerprint density at radius 1 is 1.12 bits per heavy atom. The molecule has 0 N–H and O–H groups in total. The van der Waals surface area contributed by atoms with Crippen molar-refractivity contribution in [3.63, 3.8) is 0 Å². The van der Waals surface area contributed by atoms with Crippen molar-refractivity contribution in [2.45, 2.75) is 19.3 Å². The van der Waals surface area contributed by atoms with Crippen molar-refractivity contribution < 1.29 is 9.53 Å². The predicted octanol–water partition coefficient (Wildman–Crippen LogP) is 4.30. The van der Waals surface area contributed by atoms with E-state index in [-0.39, 0.29) is 0 Å². The fourth-order valence-electron chi connectivity index (χ4n) is 3.11. The molecule has 1 aliphatic rings. The van der Waals surface area contributed by atoms with Crippen LogP contribution in [0.2, 0.25) is 0 Å². The zero-order chi connectivity index (χ0) is 17.1. The SMILES string of the molecule is O=C1CCCN(CCc2ccc(Oc3nc4ccccc4s3)cc2)C1. The molecule has 3 aromatic rings. The van der Waals surface area contributed by atoms with E-state index in [9.17, 15) is 4.79 Å². The zero-order valence-electron chi connectivity index (χ0n) is 14.0. The lowest BCUT2D eigenvalue weighted by molar-refractivity contribution is -0.122. The summed E-state index contributed by atoms with van der Waals surface area (Å²) in [6.07, 6.45) is 2.69. The van der Waals surface area contributed by atoms with E-state index in [0.717, 1.165) is 48.3 Å². The van der Waals surface area contributed by atoms with Gasteiger partial charge < -0.3 is 4.74 Å². The number of ether oxygens (including phenoxy) is 1. The number of para-hydroxylation sites is 1. The third-order valence-corrected chi connectivity index (χ3v) is 5.36. The Bertz CT molecular complexity index is 840. The van der Waals surface area contributed by atoms with Crippen molar-refractivity contribution in [3.05, 3.63) is 54.1 Å². The van der Waals surface area contributed by atoms with Crippen LogP contribution >= 0.6 is 11.3 Å². The van der Waals surface area contributed by atoms with Gasteiger partial charge in [-0.15, -0.1) is 0 Å². The summed E-state index contributed by atoms with van der Waals surface area (Å²) in [6, 6.07) is 16.2. The first-order valence-corrected chi connectivity index (χ1v) is 9.44. The second-order valence-electron chi connectivity index (χ2n) is 6.36. The lowest BCUT2D eigenvalue weighted by atomic mass is 10.1. The first kappa shape index (κ1) is 16.2. The van der Waals surface area contributed by atoms with Gasteiger partial charge >= 0.3 is 0 Å². The Morgan fingerprint density at radius 2 is 1.96 bits per heavy atom. The van der Waals surface area contributed by atoms with Gasteiger partial charge in [-0.05, 0) is 49.2 Å². The maximum Gasteiger partial charge on any atom is 0.279 e. The fraction of sp³-hybridized carbons (Fsp3) is 0.300. The highest BCUT2D eigenvalue weighted by Gasteiger charge is 2.16. The molecule has 1 saturated heterocycles. The van der Waals surface area contributed by atoms with Crippen molar-refractivity contribution in [3.8, 4) is 10.9 Å². The third kappa shape index (κ3) is 4.06. The summed E-state index contributed by atoms with van der Waals surface area (Å²) in [4.78, 5) is 18.2. The molecule has 0 spiro atoms. The molecule has 1 aliphatic heterocycles. The van der Waals surface area contributed by atoms with Gasteiger partial charge in [0.15, 0.2) is 0 Å². The number of nitrogens with zero attached hydrogens (tertiary/aromatic N) is 2. The maximum atomic E-state index is 11.5. The van der Waals surface area contributed by atoms with Crippen LogP contribution in [0.5, 0.6) is 10.9 Å². The minimum atomic E-state index is 0.367. The first-order valence-electron chi connectivity index (χ1n) is 8.63. The summed E-state index contributed by atoms with van der Waals surface area (Å²) in [5, 5.41) is 0.667. The van der Waals surface area contributed by atoms with Crippen LogP contribution < -0.4 is 4.74 Å². The Morgan fingerprint density at radius 3 is 2.76 bits per heavy atom. The number of likely N-dealkylation sites (tertiary alicyclic amines) is 1. The van der Waals surface area contributed by atoms with E-state index >= 15 is 0 Å². The molecule has 0 radical (unpaired) electrons. The molecule has 128 valence electrons. The minimum Gasteiger partial charge on any atom is -0.431 e. The Hall–Kier alpha value is -2.24. The monoisotopic (exact) mass is 352 g/mol. The van der Waals surface area contributed by atoms with E-state index < -0.39 is 0 Å². The Balaban J connectivity index is 1.35. The van der Waals surface area contributed by atoms with E-state index in [2.05, 4.69) is 22.0 Å². The predicted molar refractivity (Wildman–Crippen MR) is 101 cm³/mol. The molecular formula is C20H20N2O2S. The minimum absolute atomic E-state index is 0.367. The Labute approximate surface area is 151 Å². The number of carbonyl (C=O) groups is 1. The van der Waals surface area contributed by atoms with E-state index in [0.29, 0.717) is 17.5 Å². The summed E-state index contributed by atoms with van der Waals surface area (Å²) in [6.45, 7) is 2.58. The van der Waals surface area contributed by atoms with Gasteiger partial charge in [0.2, 0.25) is 0 Å². The van der Waals surface area contributed by atoms with E-state index in [1.54, 1.807) is 11.3 Å². The molecule has 0 amide bonds. The summed E-state index contributed by atoms with van der Waals surface area (Å²) in [7, 11) is 0. The van der Waals surface area contributed by atoms with E-state index in [1.165, 1.54) is 5.56 Å². The number of fused-ring (bicyclic) bond motifs is 1. The quantitative estimate of drug-likeness (QED) is 0.687. The second kappa shape index (κ2) is 7.33. The van der Waals surface area contributed by atoms with Crippen LogP contribution in [0.25, 0.3) is 10.2 Å². The van der Waals surface area contributed by atoms with Crippen LogP contribution in [0.3, 0.4) is 0 Å². The molecule has 0 saturated carbocycles. The Kier molecular flexibility index (Phi) is 4.76. The van der Waals surface area contributed by atoms with Crippen LogP contribution in [0, 0.1) is 0 Å². The van der Waals surface area contributed by atoms with Crippen LogP contribution in [0.4, 0.5) is 0 Å². The van der Waals surface area contributed by atoms with Gasteiger partial charge in [0.1, 0.15) is 11.5 Å². The number of hydrogen-bond donors (Lipinski definition) is 0. The summed E-state index contributed by atoms with van der Waals surface area (Å²) >= 11 is 1.55. The molecule has 0 atom stereocenters. The smallest absolute Gasteiger partial charge is 0.279 e. The topological polar surface area (TPSA) is 42.4 Å². The van der Waals surface area contributed by atoms with Crippen LogP contribution in [-0.2, 0) is 11.2 Å². The van der Waals surface area contributed by atoms with Crippen molar-refractivity contribution in [1.82, 2.24) is 9.88 Å². The molecule has 1 aromatic heterocycles.